The van der Waals surface area contributed by atoms with E-state index >= 15 is 0 Å². The molecule has 4 heteroatoms. The number of aliphatic hydroxyl groups excluding tert-OH is 1. The normalized spacial score (nSPS) is 22.4. The molecule has 1 aliphatic heterocycles. The Bertz CT molecular complexity index is 389. The highest BCUT2D eigenvalue weighted by Crippen LogP contribution is 2.37. The standard InChI is InChI=1S/C12H14F2OS/c1-7-4-5-8(11(14)10(7)13)12(15)9-3-2-6-16-9/h4-5,9,12,15H,2-3,6H2,1H3. The molecule has 2 unspecified atom stereocenters. The molecule has 0 aromatic heterocycles. The van der Waals surface area contributed by atoms with Crippen LogP contribution in [-0.4, -0.2) is 16.1 Å². The molecular formula is C12H14F2OS. The third kappa shape index (κ3) is 2.09. The van der Waals surface area contributed by atoms with Crippen LogP contribution in [0, 0.1) is 18.6 Å². The molecule has 0 amide bonds. The summed E-state index contributed by atoms with van der Waals surface area (Å²) in [6.45, 7) is 1.51. The minimum absolute atomic E-state index is 0.00314. The Morgan fingerprint density at radius 1 is 1.38 bits per heavy atom. The lowest BCUT2D eigenvalue weighted by Crippen LogP contribution is -2.14. The molecule has 1 nitrogen and oxygen atoms in total. The molecule has 1 aromatic carbocycles. The molecule has 2 rings (SSSR count). The first-order valence-corrected chi connectivity index (χ1v) is 6.40. The molecule has 1 fully saturated rings. The zero-order chi connectivity index (χ0) is 11.7. The van der Waals surface area contributed by atoms with Gasteiger partial charge in [-0.25, -0.2) is 8.78 Å². The quantitative estimate of drug-likeness (QED) is 0.862. The van der Waals surface area contributed by atoms with Crippen molar-refractivity contribution in [3.05, 3.63) is 34.9 Å². The Morgan fingerprint density at radius 3 is 2.75 bits per heavy atom. The van der Waals surface area contributed by atoms with Crippen molar-refractivity contribution in [3.63, 3.8) is 0 Å². The number of hydrogen-bond donors (Lipinski definition) is 1. The van der Waals surface area contributed by atoms with Gasteiger partial charge in [0.25, 0.3) is 0 Å². The van der Waals surface area contributed by atoms with E-state index in [-0.39, 0.29) is 16.4 Å². The topological polar surface area (TPSA) is 20.2 Å². The summed E-state index contributed by atoms with van der Waals surface area (Å²) in [6.07, 6.45) is 0.992. The predicted molar refractivity (Wildman–Crippen MR) is 61.5 cm³/mol. The van der Waals surface area contributed by atoms with Crippen molar-refractivity contribution in [2.45, 2.75) is 31.1 Å². The molecule has 0 radical (unpaired) electrons. The Labute approximate surface area is 97.9 Å². The van der Waals surface area contributed by atoms with Crippen molar-refractivity contribution in [1.82, 2.24) is 0 Å². The summed E-state index contributed by atoms with van der Waals surface area (Å²) in [7, 11) is 0. The van der Waals surface area contributed by atoms with Crippen LogP contribution in [0.3, 0.4) is 0 Å². The van der Waals surface area contributed by atoms with E-state index in [0.29, 0.717) is 0 Å². The summed E-state index contributed by atoms with van der Waals surface area (Å²) in [4.78, 5) is 0. The lowest BCUT2D eigenvalue weighted by molar-refractivity contribution is 0.167. The molecule has 2 atom stereocenters. The van der Waals surface area contributed by atoms with E-state index in [1.807, 2.05) is 0 Å². The van der Waals surface area contributed by atoms with Crippen LogP contribution in [0.4, 0.5) is 8.78 Å². The second-order valence-corrected chi connectivity index (χ2v) is 5.44. The fourth-order valence-electron chi connectivity index (χ4n) is 1.94. The summed E-state index contributed by atoms with van der Waals surface area (Å²) < 4.78 is 27.0. The van der Waals surface area contributed by atoms with Crippen molar-refractivity contribution in [2.75, 3.05) is 5.75 Å². The van der Waals surface area contributed by atoms with Gasteiger partial charge >= 0.3 is 0 Å². The number of hydrogen-bond acceptors (Lipinski definition) is 2. The second-order valence-electron chi connectivity index (χ2n) is 4.10. The van der Waals surface area contributed by atoms with Gasteiger partial charge in [0.05, 0.1) is 6.10 Å². The number of aryl methyl sites for hydroxylation is 1. The number of benzene rings is 1. The molecule has 1 aromatic rings. The zero-order valence-corrected chi connectivity index (χ0v) is 9.86. The van der Waals surface area contributed by atoms with Crippen LogP contribution in [0.15, 0.2) is 12.1 Å². The van der Waals surface area contributed by atoms with E-state index in [4.69, 9.17) is 0 Å². The van der Waals surface area contributed by atoms with Gasteiger partial charge in [-0.2, -0.15) is 11.8 Å². The molecule has 0 bridgehead atoms. The predicted octanol–water partition coefficient (Wildman–Crippen LogP) is 3.20. The summed E-state index contributed by atoms with van der Waals surface area (Å²) in [5.74, 6) is -0.767. The molecule has 1 heterocycles. The Morgan fingerprint density at radius 2 is 2.12 bits per heavy atom. The van der Waals surface area contributed by atoms with Crippen molar-refractivity contribution in [1.29, 1.82) is 0 Å². The number of halogens is 2. The molecule has 16 heavy (non-hydrogen) atoms. The zero-order valence-electron chi connectivity index (χ0n) is 9.04. The molecule has 0 saturated carbocycles. The van der Waals surface area contributed by atoms with E-state index in [0.717, 1.165) is 18.6 Å². The maximum atomic E-state index is 13.6. The van der Waals surface area contributed by atoms with Crippen molar-refractivity contribution < 1.29 is 13.9 Å². The largest absolute Gasteiger partial charge is 0.387 e. The Kier molecular flexibility index (Phi) is 3.50. The summed E-state index contributed by atoms with van der Waals surface area (Å²) in [5.41, 5.74) is 0.357. The fourth-order valence-corrected chi connectivity index (χ4v) is 3.24. The number of thioether (sulfide) groups is 1. The molecule has 1 aliphatic rings. The molecule has 88 valence electrons. The Balaban J connectivity index is 2.29. The van der Waals surface area contributed by atoms with Crippen molar-refractivity contribution in [3.8, 4) is 0 Å². The van der Waals surface area contributed by atoms with Gasteiger partial charge in [0, 0.05) is 10.8 Å². The van der Waals surface area contributed by atoms with Crippen LogP contribution >= 0.6 is 11.8 Å². The fraction of sp³-hybridized carbons (Fsp3) is 0.500. The van der Waals surface area contributed by atoms with E-state index in [1.54, 1.807) is 11.8 Å². The average molecular weight is 244 g/mol. The monoisotopic (exact) mass is 244 g/mol. The maximum absolute atomic E-state index is 13.6. The van der Waals surface area contributed by atoms with Crippen molar-refractivity contribution in [2.24, 2.45) is 0 Å². The van der Waals surface area contributed by atoms with Crippen molar-refractivity contribution >= 4 is 11.8 Å². The van der Waals surface area contributed by atoms with Gasteiger partial charge in [-0.05, 0) is 31.1 Å². The van der Waals surface area contributed by atoms with Gasteiger partial charge in [0.1, 0.15) is 0 Å². The van der Waals surface area contributed by atoms with Gasteiger partial charge in [0.2, 0.25) is 0 Å². The molecule has 1 N–H and O–H groups in total. The molecular weight excluding hydrogens is 230 g/mol. The minimum Gasteiger partial charge on any atom is -0.387 e. The summed E-state index contributed by atoms with van der Waals surface area (Å²) in [5, 5.41) is 9.99. The lowest BCUT2D eigenvalue weighted by atomic mass is 10.0. The minimum atomic E-state index is -0.903. The maximum Gasteiger partial charge on any atom is 0.164 e. The highest BCUT2D eigenvalue weighted by molar-refractivity contribution is 8.00. The van der Waals surface area contributed by atoms with Crippen LogP contribution in [0.25, 0.3) is 0 Å². The van der Waals surface area contributed by atoms with Gasteiger partial charge in [-0.15, -0.1) is 0 Å². The smallest absolute Gasteiger partial charge is 0.164 e. The average Bonchev–Trinajstić information content (AvgIpc) is 2.79. The first-order valence-electron chi connectivity index (χ1n) is 5.35. The van der Waals surface area contributed by atoms with E-state index < -0.39 is 17.7 Å². The second kappa shape index (κ2) is 4.72. The van der Waals surface area contributed by atoms with Gasteiger partial charge < -0.3 is 5.11 Å². The first-order chi connectivity index (χ1) is 7.61. The molecule has 0 aliphatic carbocycles. The van der Waals surface area contributed by atoms with Gasteiger partial charge in [-0.3, -0.25) is 0 Å². The summed E-state index contributed by atoms with van der Waals surface area (Å²) >= 11 is 1.62. The Hall–Kier alpha value is -0.610. The van der Waals surface area contributed by atoms with Crippen LogP contribution in [0.2, 0.25) is 0 Å². The van der Waals surface area contributed by atoms with E-state index in [1.165, 1.54) is 19.1 Å². The van der Waals surface area contributed by atoms with Crippen LogP contribution < -0.4 is 0 Å². The molecule has 1 saturated heterocycles. The summed E-state index contributed by atoms with van der Waals surface area (Å²) in [6, 6.07) is 2.99. The molecule has 0 spiro atoms. The highest BCUT2D eigenvalue weighted by atomic mass is 32.2. The lowest BCUT2D eigenvalue weighted by Gasteiger charge is -2.18. The van der Waals surface area contributed by atoms with Crippen LogP contribution in [0.5, 0.6) is 0 Å². The number of aliphatic hydroxyl groups is 1. The third-order valence-corrected chi connectivity index (χ3v) is 4.39. The van der Waals surface area contributed by atoms with E-state index in [9.17, 15) is 13.9 Å². The highest BCUT2D eigenvalue weighted by Gasteiger charge is 2.28. The SMILES string of the molecule is Cc1ccc(C(O)C2CCCS2)c(F)c1F. The first kappa shape index (κ1) is 11.9. The van der Waals surface area contributed by atoms with Crippen LogP contribution in [0.1, 0.15) is 30.1 Å². The van der Waals surface area contributed by atoms with Gasteiger partial charge in [-0.1, -0.05) is 12.1 Å². The van der Waals surface area contributed by atoms with Gasteiger partial charge in [0.15, 0.2) is 11.6 Å². The van der Waals surface area contributed by atoms with Crippen LogP contribution in [-0.2, 0) is 0 Å². The third-order valence-electron chi connectivity index (χ3n) is 2.94. The van der Waals surface area contributed by atoms with E-state index in [2.05, 4.69) is 0 Å². The number of rotatable bonds is 2.